The number of carbonyl (C=O) groups is 1. The number of carbonyl (C=O) groups excluding carboxylic acids is 1. The van der Waals surface area contributed by atoms with Gasteiger partial charge in [-0.15, -0.1) is 0 Å². The molecule has 0 saturated heterocycles. The number of fused-ring (bicyclic) bond motifs is 2. The van der Waals surface area contributed by atoms with Crippen LogP contribution in [0.25, 0.3) is 21.8 Å². The number of para-hydroxylation sites is 2. The van der Waals surface area contributed by atoms with E-state index in [1.165, 1.54) is 5.39 Å². The minimum absolute atomic E-state index is 0.396. The molecule has 108 valence electrons. The highest BCUT2D eigenvalue weighted by atomic mass is 16.1. The van der Waals surface area contributed by atoms with Gasteiger partial charge in [0, 0.05) is 28.7 Å². The molecule has 0 aliphatic rings. The van der Waals surface area contributed by atoms with Crippen molar-refractivity contribution in [3.63, 3.8) is 0 Å². The number of pyridine rings is 1. The molecule has 0 bridgehead atoms. The molecular formula is C18H15N3O. The van der Waals surface area contributed by atoms with Crippen LogP contribution >= 0.6 is 0 Å². The molecule has 0 unspecified atom stereocenters. The third-order valence-corrected chi connectivity index (χ3v) is 3.37. The first-order valence-electron chi connectivity index (χ1n) is 6.91. The molecule has 4 heteroatoms. The second kappa shape index (κ2) is 6.10. The van der Waals surface area contributed by atoms with Gasteiger partial charge in [0.15, 0.2) is 0 Å². The quantitative estimate of drug-likeness (QED) is 0.563. The normalized spacial score (nSPS) is 10.2. The molecule has 4 nitrogen and oxygen atoms in total. The number of nitrogens with zero attached hydrogens (tertiary/aromatic N) is 1. The summed E-state index contributed by atoms with van der Waals surface area (Å²) in [5, 5.41) is 2.08. The fourth-order valence-electron chi connectivity index (χ4n) is 2.29. The molecule has 2 aromatic carbocycles. The van der Waals surface area contributed by atoms with Gasteiger partial charge in [0.1, 0.15) is 0 Å². The fraction of sp³-hybridized carbons (Fsp3) is 0. The Balaban J connectivity index is 0.000000133. The Morgan fingerprint density at radius 3 is 2.50 bits per heavy atom. The number of aromatic amines is 1. The van der Waals surface area contributed by atoms with Crippen LogP contribution in [0.3, 0.4) is 0 Å². The fourth-order valence-corrected chi connectivity index (χ4v) is 2.29. The lowest BCUT2D eigenvalue weighted by atomic mass is 10.2. The van der Waals surface area contributed by atoms with E-state index < -0.39 is 5.91 Å². The van der Waals surface area contributed by atoms with Crippen molar-refractivity contribution in [3.05, 3.63) is 78.6 Å². The van der Waals surface area contributed by atoms with Crippen molar-refractivity contribution in [2.75, 3.05) is 0 Å². The first-order valence-corrected chi connectivity index (χ1v) is 6.91. The monoisotopic (exact) mass is 289 g/mol. The zero-order valence-electron chi connectivity index (χ0n) is 11.9. The summed E-state index contributed by atoms with van der Waals surface area (Å²) in [6.07, 6.45) is 3.44. The van der Waals surface area contributed by atoms with Crippen LogP contribution in [0.5, 0.6) is 0 Å². The van der Waals surface area contributed by atoms with Crippen LogP contribution in [0.2, 0.25) is 0 Å². The second-order valence-corrected chi connectivity index (χ2v) is 4.81. The Labute approximate surface area is 127 Å². The minimum Gasteiger partial charge on any atom is -0.366 e. The maximum Gasteiger partial charge on any atom is 0.250 e. The molecule has 0 atom stereocenters. The first-order chi connectivity index (χ1) is 10.8. The van der Waals surface area contributed by atoms with Gasteiger partial charge in [0.05, 0.1) is 11.1 Å². The van der Waals surface area contributed by atoms with Gasteiger partial charge in [-0.2, -0.15) is 0 Å². The SMILES string of the molecule is NC(=O)c1c[nH]c2ccccc12.c1ccc2ncccc2c1. The summed E-state index contributed by atoms with van der Waals surface area (Å²) in [4.78, 5) is 18.0. The Bertz CT molecular complexity index is 862. The van der Waals surface area contributed by atoms with Crippen molar-refractivity contribution in [3.8, 4) is 0 Å². The van der Waals surface area contributed by atoms with Gasteiger partial charge < -0.3 is 10.7 Å². The molecule has 0 aliphatic carbocycles. The molecule has 0 radical (unpaired) electrons. The molecule has 0 fully saturated rings. The summed E-state index contributed by atoms with van der Waals surface area (Å²) in [5.41, 5.74) is 7.71. The summed E-state index contributed by atoms with van der Waals surface area (Å²) in [6, 6.07) is 19.6. The van der Waals surface area contributed by atoms with Gasteiger partial charge in [-0.3, -0.25) is 9.78 Å². The number of amides is 1. The highest BCUT2D eigenvalue weighted by Crippen LogP contribution is 2.16. The minimum atomic E-state index is -0.396. The Hall–Kier alpha value is -3.14. The standard InChI is InChI=1S/C9H8N2O.C9H7N/c10-9(12)7-5-11-8-4-2-1-3-6(7)8;1-2-6-9-8(4-1)5-3-7-10-9/h1-5,11H,(H2,10,12);1-7H. The second-order valence-electron chi connectivity index (χ2n) is 4.81. The predicted molar refractivity (Wildman–Crippen MR) is 88.6 cm³/mol. The number of rotatable bonds is 1. The van der Waals surface area contributed by atoms with Gasteiger partial charge >= 0.3 is 0 Å². The lowest BCUT2D eigenvalue weighted by molar-refractivity contribution is 0.100. The van der Waals surface area contributed by atoms with E-state index in [1.54, 1.807) is 6.20 Å². The van der Waals surface area contributed by atoms with Crippen LogP contribution in [0.15, 0.2) is 73.1 Å². The van der Waals surface area contributed by atoms with Crippen LogP contribution in [0, 0.1) is 0 Å². The number of hydrogen-bond acceptors (Lipinski definition) is 2. The molecule has 2 aromatic heterocycles. The van der Waals surface area contributed by atoms with Crippen LogP contribution in [0.4, 0.5) is 0 Å². The van der Waals surface area contributed by atoms with Gasteiger partial charge in [-0.25, -0.2) is 0 Å². The Morgan fingerprint density at radius 1 is 0.955 bits per heavy atom. The zero-order valence-corrected chi connectivity index (χ0v) is 11.9. The molecule has 0 saturated carbocycles. The van der Waals surface area contributed by atoms with E-state index in [4.69, 9.17) is 5.73 Å². The van der Waals surface area contributed by atoms with Crippen molar-refractivity contribution in [1.29, 1.82) is 0 Å². The zero-order chi connectivity index (χ0) is 15.4. The van der Waals surface area contributed by atoms with E-state index in [-0.39, 0.29) is 0 Å². The van der Waals surface area contributed by atoms with Crippen molar-refractivity contribution in [2.24, 2.45) is 5.73 Å². The van der Waals surface area contributed by atoms with Gasteiger partial charge in [-0.1, -0.05) is 42.5 Å². The van der Waals surface area contributed by atoms with Crippen LogP contribution in [-0.4, -0.2) is 15.9 Å². The third kappa shape index (κ3) is 2.81. The van der Waals surface area contributed by atoms with Gasteiger partial charge in [0.2, 0.25) is 0 Å². The van der Waals surface area contributed by atoms with Crippen molar-refractivity contribution in [1.82, 2.24) is 9.97 Å². The molecule has 22 heavy (non-hydrogen) atoms. The molecule has 0 spiro atoms. The molecule has 2 heterocycles. The van der Waals surface area contributed by atoms with Crippen LogP contribution in [0.1, 0.15) is 10.4 Å². The van der Waals surface area contributed by atoms with E-state index in [0.29, 0.717) is 5.56 Å². The molecule has 4 rings (SSSR count). The molecule has 4 aromatic rings. The van der Waals surface area contributed by atoms with Crippen LogP contribution in [-0.2, 0) is 0 Å². The summed E-state index contributed by atoms with van der Waals surface area (Å²) in [7, 11) is 0. The maximum absolute atomic E-state index is 10.9. The topological polar surface area (TPSA) is 71.8 Å². The summed E-state index contributed by atoms with van der Waals surface area (Å²) in [6.45, 7) is 0. The molecular weight excluding hydrogens is 274 g/mol. The number of nitrogens with two attached hydrogens (primary N) is 1. The van der Waals surface area contributed by atoms with Gasteiger partial charge in [0.25, 0.3) is 5.91 Å². The van der Waals surface area contributed by atoms with Crippen molar-refractivity contribution in [2.45, 2.75) is 0 Å². The number of hydrogen-bond donors (Lipinski definition) is 2. The van der Waals surface area contributed by atoms with Crippen LogP contribution < -0.4 is 5.73 Å². The largest absolute Gasteiger partial charge is 0.366 e. The number of benzene rings is 2. The first kappa shape index (κ1) is 13.8. The molecule has 3 N–H and O–H groups in total. The number of nitrogens with one attached hydrogen (secondary N) is 1. The maximum atomic E-state index is 10.9. The lowest BCUT2D eigenvalue weighted by Crippen LogP contribution is -2.09. The lowest BCUT2D eigenvalue weighted by Gasteiger charge is -1.91. The molecule has 1 amide bonds. The Morgan fingerprint density at radius 2 is 1.68 bits per heavy atom. The Kier molecular flexibility index (Phi) is 3.83. The third-order valence-electron chi connectivity index (χ3n) is 3.37. The van der Waals surface area contributed by atoms with Crippen molar-refractivity contribution >= 4 is 27.7 Å². The smallest absolute Gasteiger partial charge is 0.250 e. The van der Waals surface area contributed by atoms with E-state index in [9.17, 15) is 4.79 Å². The summed E-state index contributed by atoms with van der Waals surface area (Å²) < 4.78 is 0. The van der Waals surface area contributed by atoms with E-state index in [2.05, 4.69) is 22.1 Å². The average Bonchev–Trinajstić information content (AvgIpc) is 3.00. The number of aromatic nitrogens is 2. The highest BCUT2D eigenvalue weighted by Gasteiger charge is 2.06. The van der Waals surface area contributed by atoms with E-state index in [0.717, 1.165) is 16.4 Å². The number of primary amides is 1. The predicted octanol–water partition coefficient (Wildman–Crippen LogP) is 3.50. The average molecular weight is 289 g/mol. The van der Waals surface area contributed by atoms with Crippen molar-refractivity contribution < 1.29 is 4.79 Å². The summed E-state index contributed by atoms with van der Waals surface area (Å²) >= 11 is 0. The van der Waals surface area contributed by atoms with Gasteiger partial charge in [-0.05, 0) is 18.2 Å². The van der Waals surface area contributed by atoms with E-state index in [1.807, 2.05) is 54.7 Å². The summed E-state index contributed by atoms with van der Waals surface area (Å²) in [5.74, 6) is -0.396. The number of H-pyrrole nitrogens is 1. The van der Waals surface area contributed by atoms with E-state index >= 15 is 0 Å². The molecule has 0 aliphatic heterocycles. The highest BCUT2D eigenvalue weighted by molar-refractivity contribution is 6.05.